The summed E-state index contributed by atoms with van der Waals surface area (Å²) >= 11 is 0. The molecule has 1 aromatic rings. The summed E-state index contributed by atoms with van der Waals surface area (Å²) in [4.78, 5) is 11.0. The Kier molecular flexibility index (Phi) is 3.87. The van der Waals surface area contributed by atoms with Crippen LogP contribution in [0.4, 0.5) is 0 Å². The van der Waals surface area contributed by atoms with Crippen molar-refractivity contribution < 1.29 is 9.53 Å². The molecule has 1 N–H and O–H groups in total. The third-order valence-corrected chi connectivity index (χ3v) is 1.49. The van der Waals surface area contributed by atoms with Gasteiger partial charge >= 0.3 is 5.97 Å². The van der Waals surface area contributed by atoms with Gasteiger partial charge in [0.05, 0.1) is 0 Å². The van der Waals surface area contributed by atoms with Crippen molar-refractivity contribution in [3.63, 3.8) is 0 Å². The highest BCUT2D eigenvalue weighted by molar-refractivity contribution is 5.69. The quantitative estimate of drug-likeness (QED) is 0.671. The first-order valence-electron chi connectivity index (χ1n) is 4.21. The molecule has 0 aliphatic rings. The molecule has 0 radical (unpaired) electrons. The van der Waals surface area contributed by atoms with Gasteiger partial charge in [0.2, 0.25) is 0 Å². The first-order chi connectivity index (χ1) is 6.33. The van der Waals surface area contributed by atoms with Crippen LogP contribution in [0.2, 0.25) is 0 Å². The second kappa shape index (κ2) is 5.23. The van der Waals surface area contributed by atoms with Gasteiger partial charge in [-0.3, -0.25) is 4.79 Å². The zero-order chi connectivity index (χ0) is 9.52. The fourth-order valence-electron chi connectivity index (χ4n) is 0.782. The molecule has 0 fully saturated rings. The molecule has 6 nitrogen and oxygen atoms in total. The van der Waals surface area contributed by atoms with Crippen molar-refractivity contribution >= 4 is 5.97 Å². The Labute approximate surface area is 75.7 Å². The van der Waals surface area contributed by atoms with E-state index in [9.17, 15) is 4.79 Å². The van der Waals surface area contributed by atoms with Gasteiger partial charge < -0.3 is 4.74 Å². The molecule has 0 aliphatic carbocycles. The van der Waals surface area contributed by atoms with E-state index in [0.29, 0.717) is 12.2 Å². The lowest BCUT2D eigenvalue weighted by Gasteiger charge is -2.00. The van der Waals surface area contributed by atoms with Crippen molar-refractivity contribution in [1.29, 1.82) is 0 Å². The number of carbonyl (C=O) groups excluding carboxylic acids is 1. The summed E-state index contributed by atoms with van der Waals surface area (Å²) in [6.07, 6.45) is 2.30. The molecule has 0 bridgehead atoms. The van der Waals surface area contributed by atoms with E-state index in [1.807, 2.05) is 6.92 Å². The van der Waals surface area contributed by atoms with Gasteiger partial charge in [0.1, 0.15) is 0 Å². The Balaban J connectivity index is 2.15. The van der Waals surface area contributed by atoms with Crippen LogP contribution in [-0.2, 0) is 16.1 Å². The van der Waals surface area contributed by atoms with E-state index in [-0.39, 0.29) is 12.6 Å². The Bertz CT molecular complexity index is 247. The van der Waals surface area contributed by atoms with Gasteiger partial charge in [-0.2, -0.15) is 0 Å². The lowest BCUT2D eigenvalue weighted by atomic mass is 10.2. The van der Waals surface area contributed by atoms with Crippen LogP contribution in [0, 0.1) is 0 Å². The molecule has 0 atom stereocenters. The number of nitrogens with one attached hydrogen (secondary N) is 1. The van der Waals surface area contributed by atoms with Crippen LogP contribution in [0.1, 0.15) is 32.0 Å². The van der Waals surface area contributed by atoms with Crippen molar-refractivity contribution in [2.75, 3.05) is 0 Å². The van der Waals surface area contributed by atoms with Crippen LogP contribution in [0.5, 0.6) is 0 Å². The summed E-state index contributed by atoms with van der Waals surface area (Å²) in [6, 6.07) is 0. The normalized spacial score (nSPS) is 9.92. The second-order valence-electron chi connectivity index (χ2n) is 2.61. The van der Waals surface area contributed by atoms with E-state index >= 15 is 0 Å². The number of nitrogens with zero attached hydrogens (tertiary/aromatic N) is 3. The topological polar surface area (TPSA) is 80.8 Å². The molecule has 0 spiro atoms. The molecular formula is C7H12N4O2. The molecule has 0 amide bonds. The van der Waals surface area contributed by atoms with E-state index in [4.69, 9.17) is 4.74 Å². The molecule has 1 rings (SSSR count). The minimum Gasteiger partial charge on any atom is -0.457 e. The third kappa shape index (κ3) is 3.64. The van der Waals surface area contributed by atoms with Crippen LogP contribution in [-0.4, -0.2) is 26.6 Å². The van der Waals surface area contributed by atoms with Crippen LogP contribution < -0.4 is 0 Å². The van der Waals surface area contributed by atoms with Crippen molar-refractivity contribution in [2.24, 2.45) is 0 Å². The number of hydrogen-bond donors (Lipinski definition) is 1. The van der Waals surface area contributed by atoms with Gasteiger partial charge in [-0.1, -0.05) is 13.3 Å². The predicted octanol–water partition coefficient (Wildman–Crippen LogP) is 0.433. The molecule has 13 heavy (non-hydrogen) atoms. The van der Waals surface area contributed by atoms with Gasteiger partial charge in [0, 0.05) is 6.42 Å². The average Bonchev–Trinajstić information content (AvgIpc) is 2.64. The highest BCUT2D eigenvalue weighted by Gasteiger charge is 2.03. The van der Waals surface area contributed by atoms with Gasteiger partial charge in [-0.05, 0) is 16.8 Å². The van der Waals surface area contributed by atoms with Crippen molar-refractivity contribution in [1.82, 2.24) is 20.6 Å². The van der Waals surface area contributed by atoms with Crippen LogP contribution in [0.25, 0.3) is 0 Å². The predicted molar refractivity (Wildman–Crippen MR) is 43.5 cm³/mol. The zero-order valence-electron chi connectivity index (χ0n) is 7.49. The van der Waals surface area contributed by atoms with E-state index in [1.54, 1.807) is 0 Å². The molecule has 0 aromatic carbocycles. The van der Waals surface area contributed by atoms with Crippen LogP contribution in [0.3, 0.4) is 0 Å². The molecule has 0 aliphatic heterocycles. The third-order valence-electron chi connectivity index (χ3n) is 1.49. The Hall–Kier alpha value is -1.46. The number of esters is 1. The van der Waals surface area contributed by atoms with E-state index in [0.717, 1.165) is 12.8 Å². The highest BCUT2D eigenvalue weighted by atomic mass is 16.5. The number of carbonyl (C=O) groups is 1. The summed E-state index contributed by atoms with van der Waals surface area (Å²) < 4.78 is 4.88. The molecular weight excluding hydrogens is 172 g/mol. The molecule has 72 valence electrons. The molecule has 0 unspecified atom stereocenters. The number of rotatable bonds is 5. The Morgan fingerprint density at radius 3 is 3.08 bits per heavy atom. The SMILES string of the molecule is CCCCC(=O)OCc1nnn[nH]1. The largest absolute Gasteiger partial charge is 0.457 e. The first kappa shape index (κ1) is 9.63. The van der Waals surface area contributed by atoms with Gasteiger partial charge in [-0.25, -0.2) is 5.10 Å². The zero-order valence-corrected chi connectivity index (χ0v) is 7.49. The smallest absolute Gasteiger partial charge is 0.306 e. The van der Waals surface area contributed by atoms with Crippen LogP contribution >= 0.6 is 0 Å². The molecule has 6 heteroatoms. The maximum atomic E-state index is 11.0. The van der Waals surface area contributed by atoms with Gasteiger partial charge in [-0.15, -0.1) is 5.10 Å². The fourth-order valence-corrected chi connectivity index (χ4v) is 0.782. The second-order valence-corrected chi connectivity index (χ2v) is 2.61. The Morgan fingerprint density at radius 2 is 2.46 bits per heavy atom. The number of hydrogen-bond acceptors (Lipinski definition) is 5. The number of aromatic nitrogens is 4. The standard InChI is InChI=1S/C7H12N4O2/c1-2-3-4-7(12)13-5-6-8-10-11-9-6/h2-5H2,1H3,(H,8,9,10,11). The average molecular weight is 184 g/mol. The summed E-state index contributed by atoms with van der Waals surface area (Å²) in [7, 11) is 0. The number of H-pyrrole nitrogens is 1. The number of unbranched alkanes of at least 4 members (excludes halogenated alkanes) is 1. The molecule has 0 saturated carbocycles. The monoisotopic (exact) mass is 184 g/mol. The van der Waals surface area contributed by atoms with Crippen molar-refractivity contribution in [2.45, 2.75) is 32.8 Å². The van der Waals surface area contributed by atoms with Gasteiger partial charge in [0.25, 0.3) is 0 Å². The molecule has 1 heterocycles. The summed E-state index contributed by atoms with van der Waals surface area (Å²) in [5.41, 5.74) is 0. The molecule has 0 saturated heterocycles. The minimum absolute atomic E-state index is 0.121. The van der Waals surface area contributed by atoms with E-state index in [1.165, 1.54) is 0 Å². The Morgan fingerprint density at radius 1 is 1.62 bits per heavy atom. The lowest BCUT2D eigenvalue weighted by molar-refractivity contribution is -0.145. The van der Waals surface area contributed by atoms with Gasteiger partial charge in [0.15, 0.2) is 12.4 Å². The summed E-state index contributed by atoms with van der Waals surface area (Å²) in [6.45, 7) is 2.14. The van der Waals surface area contributed by atoms with Crippen molar-refractivity contribution in [3.05, 3.63) is 5.82 Å². The summed E-state index contributed by atoms with van der Waals surface area (Å²) in [5.74, 6) is 0.253. The van der Waals surface area contributed by atoms with Crippen LogP contribution in [0.15, 0.2) is 0 Å². The maximum absolute atomic E-state index is 11.0. The lowest BCUT2D eigenvalue weighted by Crippen LogP contribution is -2.05. The number of aromatic amines is 1. The fraction of sp³-hybridized carbons (Fsp3) is 0.714. The number of tetrazole rings is 1. The molecule has 1 aromatic heterocycles. The minimum atomic E-state index is -0.210. The van der Waals surface area contributed by atoms with E-state index in [2.05, 4.69) is 20.6 Å². The van der Waals surface area contributed by atoms with Crippen molar-refractivity contribution in [3.8, 4) is 0 Å². The highest BCUT2D eigenvalue weighted by Crippen LogP contribution is 1.98. The maximum Gasteiger partial charge on any atom is 0.306 e. The summed E-state index contributed by atoms with van der Waals surface area (Å²) in [5, 5.41) is 12.8. The number of ether oxygens (including phenoxy) is 1. The first-order valence-corrected chi connectivity index (χ1v) is 4.21. The van der Waals surface area contributed by atoms with E-state index < -0.39 is 0 Å².